The molecular formula is C15H17BrO. The second-order valence-electron chi connectivity index (χ2n) is 6.00. The van der Waals surface area contributed by atoms with Gasteiger partial charge in [-0.25, -0.2) is 0 Å². The highest BCUT2D eigenvalue weighted by Gasteiger charge is 2.77. The Morgan fingerprint density at radius 3 is 2.82 bits per heavy atom. The average molecular weight is 293 g/mol. The maximum Gasteiger partial charge on any atom is 0.0799 e. The maximum atomic E-state index is 10.4. The van der Waals surface area contributed by atoms with E-state index >= 15 is 0 Å². The van der Waals surface area contributed by atoms with Crippen molar-refractivity contribution in [2.45, 2.75) is 48.5 Å². The van der Waals surface area contributed by atoms with Crippen molar-refractivity contribution >= 4 is 15.9 Å². The van der Waals surface area contributed by atoms with E-state index in [0.717, 1.165) is 6.42 Å². The summed E-state index contributed by atoms with van der Waals surface area (Å²) in [5.74, 6) is 0. The minimum absolute atomic E-state index is 0.250. The Morgan fingerprint density at radius 1 is 1.18 bits per heavy atom. The molecule has 0 aromatic heterocycles. The summed E-state index contributed by atoms with van der Waals surface area (Å²) in [7, 11) is 0. The minimum atomic E-state index is -0.250. The molecule has 1 nitrogen and oxygen atoms in total. The highest BCUT2D eigenvalue weighted by Crippen LogP contribution is 2.79. The largest absolute Gasteiger partial charge is 0.388 e. The first-order valence-corrected chi connectivity index (χ1v) is 7.55. The lowest BCUT2D eigenvalue weighted by molar-refractivity contribution is 0.101. The zero-order valence-electron chi connectivity index (χ0n) is 9.82. The normalized spacial score (nSPS) is 46.7. The summed E-state index contributed by atoms with van der Waals surface area (Å²) in [6, 6.07) is 8.55. The first-order valence-electron chi connectivity index (χ1n) is 6.64. The third-order valence-electron chi connectivity index (χ3n) is 5.52. The predicted molar refractivity (Wildman–Crippen MR) is 71.3 cm³/mol. The highest BCUT2D eigenvalue weighted by molar-refractivity contribution is 9.09. The molecule has 0 spiro atoms. The fourth-order valence-electron chi connectivity index (χ4n) is 4.76. The van der Waals surface area contributed by atoms with Crippen molar-refractivity contribution in [2.24, 2.45) is 5.41 Å². The molecule has 1 N–H and O–H groups in total. The second kappa shape index (κ2) is 3.16. The summed E-state index contributed by atoms with van der Waals surface area (Å²) in [6.45, 7) is 0. The number of aliphatic hydroxyl groups is 1. The van der Waals surface area contributed by atoms with Crippen LogP contribution in [0.15, 0.2) is 24.3 Å². The quantitative estimate of drug-likeness (QED) is 0.723. The molecule has 3 aliphatic carbocycles. The van der Waals surface area contributed by atoms with Crippen molar-refractivity contribution in [1.29, 1.82) is 0 Å². The Morgan fingerprint density at radius 2 is 1.94 bits per heavy atom. The van der Waals surface area contributed by atoms with Crippen LogP contribution in [0.3, 0.4) is 0 Å². The third-order valence-corrected chi connectivity index (χ3v) is 7.18. The van der Waals surface area contributed by atoms with Gasteiger partial charge in [-0.05, 0) is 35.8 Å². The number of rotatable bonds is 0. The van der Waals surface area contributed by atoms with Crippen LogP contribution in [-0.4, -0.2) is 9.93 Å². The van der Waals surface area contributed by atoms with Gasteiger partial charge < -0.3 is 5.11 Å². The van der Waals surface area contributed by atoms with Crippen molar-refractivity contribution in [3.05, 3.63) is 35.4 Å². The molecule has 0 saturated heterocycles. The van der Waals surface area contributed by atoms with E-state index in [4.69, 9.17) is 0 Å². The summed E-state index contributed by atoms with van der Waals surface area (Å²) in [5, 5.41) is 10.4. The fourth-order valence-corrected chi connectivity index (χ4v) is 6.38. The Bertz CT molecular complexity index is 486. The molecule has 3 unspecified atom stereocenters. The number of aliphatic hydroxyl groups excluding tert-OH is 1. The average Bonchev–Trinajstić information content (AvgIpc) is 2.91. The van der Waals surface area contributed by atoms with Crippen LogP contribution in [0.5, 0.6) is 0 Å². The van der Waals surface area contributed by atoms with Gasteiger partial charge >= 0.3 is 0 Å². The van der Waals surface area contributed by atoms with E-state index in [1.54, 1.807) is 0 Å². The van der Waals surface area contributed by atoms with Gasteiger partial charge in [0.2, 0.25) is 0 Å². The summed E-state index contributed by atoms with van der Waals surface area (Å²) < 4.78 is 0. The molecule has 1 aromatic carbocycles. The molecule has 2 heteroatoms. The van der Waals surface area contributed by atoms with Gasteiger partial charge in [0.05, 0.1) is 6.10 Å². The minimum Gasteiger partial charge on any atom is -0.388 e. The van der Waals surface area contributed by atoms with Gasteiger partial charge in [0.25, 0.3) is 0 Å². The number of alkyl halides is 1. The van der Waals surface area contributed by atoms with Crippen LogP contribution in [0, 0.1) is 5.41 Å². The van der Waals surface area contributed by atoms with E-state index < -0.39 is 0 Å². The van der Waals surface area contributed by atoms with Gasteiger partial charge in [-0.3, -0.25) is 0 Å². The standard InChI is InChI=1S/C15H17BrO/c16-13-14-7-3-4-8-15(13,14)11-6-2-1-5-10(11)12(17)9-14/h1-2,5-6,12-13,17H,3-4,7-9H2/t12-,13?,14?,15?/m0/s1. The lowest BCUT2D eigenvalue weighted by Gasteiger charge is -2.38. The van der Waals surface area contributed by atoms with E-state index in [-0.39, 0.29) is 6.10 Å². The number of hydrogen-bond donors (Lipinski definition) is 1. The highest BCUT2D eigenvalue weighted by atomic mass is 79.9. The Kier molecular flexibility index (Phi) is 1.96. The number of benzene rings is 1. The van der Waals surface area contributed by atoms with E-state index in [1.807, 2.05) is 0 Å². The van der Waals surface area contributed by atoms with Gasteiger partial charge in [-0.15, -0.1) is 0 Å². The van der Waals surface area contributed by atoms with Gasteiger partial charge in [0.15, 0.2) is 0 Å². The Labute approximate surface area is 110 Å². The van der Waals surface area contributed by atoms with Crippen LogP contribution in [0.4, 0.5) is 0 Å². The molecule has 0 bridgehead atoms. The second-order valence-corrected chi connectivity index (χ2v) is 6.92. The number of hydrogen-bond acceptors (Lipinski definition) is 1. The van der Waals surface area contributed by atoms with Crippen molar-refractivity contribution in [2.75, 3.05) is 0 Å². The van der Waals surface area contributed by atoms with E-state index in [2.05, 4.69) is 40.2 Å². The van der Waals surface area contributed by atoms with Gasteiger partial charge in [0.1, 0.15) is 0 Å². The smallest absolute Gasteiger partial charge is 0.0799 e. The summed E-state index contributed by atoms with van der Waals surface area (Å²) in [5.41, 5.74) is 3.33. The lowest BCUT2D eigenvalue weighted by Crippen LogP contribution is -2.30. The summed E-state index contributed by atoms with van der Waals surface area (Å²) in [4.78, 5) is 0.586. The first-order chi connectivity index (χ1) is 8.22. The van der Waals surface area contributed by atoms with Crippen LogP contribution in [0.1, 0.15) is 49.3 Å². The maximum absolute atomic E-state index is 10.4. The monoisotopic (exact) mass is 292 g/mol. The molecule has 0 amide bonds. The summed E-state index contributed by atoms with van der Waals surface area (Å²) in [6.07, 6.45) is 5.97. The van der Waals surface area contributed by atoms with Crippen LogP contribution < -0.4 is 0 Å². The van der Waals surface area contributed by atoms with Crippen molar-refractivity contribution in [3.8, 4) is 0 Å². The SMILES string of the molecule is O[C@H]1CC23CCCCC2(c2ccccc21)C3Br. The molecule has 17 heavy (non-hydrogen) atoms. The molecule has 2 saturated carbocycles. The zero-order valence-corrected chi connectivity index (χ0v) is 11.4. The number of halogens is 1. The van der Waals surface area contributed by atoms with Crippen molar-refractivity contribution < 1.29 is 5.11 Å². The Balaban J connectivity index is 1.95. The molecule has 0 heterocycles. The number of fused-ring (bicyclic) bond motifs is 1. The van der Waals surface area contributed by atoms with E-state index in [9.17, 15) is 5.11 Å². The topological polar surface area (TPSA) is 20.2 Å². The molecule has 90 valence electrons. The zero-order chi connectivity index (χ0) is 11.7. The Hall–Kier alpha value is -0.340. The fraction of sp³-hybridized carbons (Fsp3) is 0.600. The summed E-state index contributed by atoms with van der Waals surface area (Å²) >= 11 is 3.94. The van der Waals surface area contributed by atoms with Crippen molar-refractivity contribution in [1.82, 2.24) is 0 Å². The van der Waals surface area contributed by atoms with E-state index in [0.29, 0.717) is 15.7 Å². The van der Waals surface area contributed by atoms with E-state index in [1.165, 1.54) is 36.8 Å². The molecule has 0 radical (unpaired) electrons. The van der Waals surface area contributed by atoms with Crippen LogP contribution in [0.25, 0.3) is 0 Å². The predicted octanol–water partition coefficient (Wildman–Crippen LogP) is 3.70. The van der Waals surface area contributed by atoms with Crippen LogP contribution >= 0.6 is 15.9 Å². The molecular weight excluding hydrogens is 276 g/mol. The molecule has 0 aliphatic heterocycles. The van der Waals surface area contributed by atoms with Crippen LogP contribution in [0.2, 0.25) is 0 Å². The van der Waals surface area contributed by atoms with Gasteiger partial charge in [-0.1, -0.05) is 53.0 Å². The molecule has 4 rings (SSSR count). The lowest BCUT2D eigenvalue weighted by atomic mass is 9.67. The molecule has 3 aliphatic rings. The van der Waals surface area contributed by atoms with Gasteiger partial charge in [0, 0.05) is 10.2 Å². The first kappa shape index (κ1) is 10.6. The molecule has 1 aromatic rings. The molecule has 2 fully saturated rings. The van der Waals surface area contributed by atoms with Crippen LogP contribution in [-0.2, 0) is 5.41 Å². The third kappa shape index (κ3) is 1.01. The van der Waals surface area contributed by atoms with Crippen molar-refractivity contribution in [3.63, 3.8) is 0 Å². The van der Waals surface area contributed by atoms with Gasteiger partial charge in [-0.2, -0.15) is 0 Å². The molecule has 4 atom stereocenters.